The maximum absolute atomic E-state index is 12.1. The van der Waals surface area contributed by atoms with Crippen LogP contribution in [0.2, 0.25) is 0 Å². The van der Waals surface area contributed by atoms with Crippen LogP contribution >= 0.6 is 0 Å². The number of esters is 1. The molecule has 3 N–H and O–H groups in total. The Labute approximate surface area is 163 Å². The van der Waals surface area contributed by atoms with Crippen LogP contribution in [0.1, 0.15) is 19.8 Å². The lowest BCUT2D eigenvalue weighted by Crippen LogP contribution is -2.30. The van der Waals surface area contributed by atoms with E-state index in [2.05, 4.69) is 5.32 Å². The van der Waals surface area contributed by atoms with Gasteiger partial charge in [-0.15, -0.1) is 0 Å². The summed E-state index contributed by atoms with van der Waals surface area (Å²) in [7, 11) is -3.88. The Balaban J connectivity index is 1.76. The van der Waals surface area contributed by atoms with E-state index in [1.165, 1.54) is 31.2 Å². The van der Waals surface area contributed by atoms with E-state index in [0.29, 0.717) is 18.8 Å². The first kappa shape index (κ1) is 21.4. The van der Waals surface area contributed by atoms with Crippen molar-refractivity contribution in [2.45, 2.75) is 30.8 Å². The quantitative estimate of drug-likeness (QED) is 0.485. The summed E-state index contributed by atoms with van der Waals surface area (Å²) in [6.07, 6.45) is -0.496. The minimum absolute atomic E-state index is 0.103. The number of primary sulfonamides is 1. The second kappa shape index (κ2) is 9.86. The number of anilines is 1. The maximum Gasteiger partial charge on any atom is 0.306 e. The molecule has 0 bridgehead atoms. The molecule has 1 atom stereocenters. The van der Waals surface area contributed by atoms with Crippen LogP contribution < -0.4 is 15.2 Å². The fourth-order valence-electron chi connectivity index (χ4n) is 2.23. The second-order valence-electron chi connectivity index (χ2n) is 5.96. The van der Waals surface area contributed by atoms with Crippen molar-refractivity contribution in [1.82, 2.24) is 0 Å². The molecule has 0 fully saturated rings. The Morgan fingerprint density at radius 3 is 2.50 bits per heavy atom. The van der Waals surface area contributed by atoms with Gasteiger partial charge in [0, 0.05) is 12.1 Å². The molecule has 28 heavy (non-hydrogen) atoms. The summed E-state index contributed by atoms with van der Waals surface area (Å²) in [5.41, 5.74) is 0.232. The van der Waals surface area contributed by atoms with Gasteiger partial charge in [0.2, 0.25) is 10.0 Å². The van der Waals surface area contributed by atoms with E-state index in [0.717, 1.165) is 0 Å². The second-order valence-corrected chi connectivity index (χ2v) is 7.52. The molecule has 150 valence electrons. The number of carbonyl (C=O) groups is 2. The molecule has 0 aliphatic heterocycles. The summed E-state index contributed by atoms with van der Waals surface area (Å²) in [5, 5.41) is 7.54. The van der Waals surface area contributed by atoms with Gasteiger partial charge in [0.15, 0.2) is 6.10 Å². The van der Waals surface area contributed by atoms with Crippen LogP contribution in [0.25, 0.3) is 0 Å². The zero-order chi connectivity index (χ0) is 20.6. The van der Waals surface area contributed by atoms with E-state index in [4.69, 9.17) is 14.6 Å². The highest BCUT2D eigenvalue weighted by molar-refractivity contribution is 7.89. The first-order valence-electron chi connectivity index (χ1n) is 8.57. The lowest BCUT2D eigenvalue weighted by Gasteiger charge is -2.14. The summed E-state index contributed by atoms with van der Waals surface area (Å²) < 4.78 is 33.3. The zero-order valence-electron chi connectivity index (χ0n) is 15.3. The molecule has 2 aromatic rings. The van der Waals surface area contributed by atoms with Crippen molar-refractivity contribution in [3.63, 3.8) is 0 Å². The number of ether oxygens (including phenoxy) is 2. The molecule has 1 unspecified atom stereocenters. The lowest BCUT2D eigenvalue weighted by molar-refractivity contribution is -0.153. The number of sulfonamides is 1. The average molecular weight is 406 g/mol. The Morgan fingerprint density at radius 2 is 1.82 bits per heavy atom. The van der Waals surface area contributed by atoms with Crippen LogP contribution in [0.4, 0.5) is 5.69 Å². The molecule has 1 amide bonds. The van der Waals surface area contributed by atoms with Gasteiger partial charge in [-0.1, -0.05) is 24.3 Å². The average Bonchev–Trinajstić information content (AvgIpc) is 2.65. The normalized spacial score (nSPS) is 12.1. The molecule has 0 radical (unpaired) electrons. The molecule has 0 saturated carbocycles. The smallest absolute Gasteiger partial charge is 0.306 e. The third-order valence-corrected chi connectivity index (χ3v) is 4.56. The van der Waals surface area contributed by atoms with Crippen molar-refractivity contribution in [2.24, 2.45) is 5.14 Å². The lowest BCUT2D eigenvalue weighted by atomic mass is 10.3. The largest absolute Gasteiger partial charge is 0.494 e. The van der Waals surface area contributed by atoms with Crippen molar-refractivity contribution >= 4 is 27.6 Å². The van der Waals surface area contributed by atoms with Crippen LogP contribution in [0.5, 0.6) is 5.75 Å². The van der Waals surface area contributed by atoms with Gasteiger partial charge in [-0.3, -0.25) is 9.59 Å². The van der Waals surface area contributed by atoms with Crippen LogP contribution in [-0.4, -0.2) is 33.0 Å². The van der Waals surface area contributed by atoms with Crippen LogP contribution in [0, 0.1) is 0 Å². The molecule has 0 spiro atoms. The fraction of sp³-hybridized carbons (Fsp3) is 0.263. The molecule has 8 nitrogen and oxygen atoms in total. The number of carbonyl (C=O) groups excluding carboxylic acids is 2. The first-order valence-corrected chi connectivity index (χ1v) is 10.1. The molecule has 0 heterocycles. The van der Waals surface area contributed by atoms with Crippen molar-refractivity contribution in [1.29, 1.82) is 0 Å². The van der Waals surface area contributed by atoms with Crippen molar-refractivity contribution < 1.29 is 27.5 Å². The van der Waals surface area contributed by atoms with E-state index >= 15 is 0 Å². The predicted octanol–water partition coefficient (Wildman–Crippen LogP) is 2.06. The minimum atomic E-state index is -3.88. The monoisotopic (exact) mass is 406 g/mol. The highest BCUT2D eigenvalue weighted by atomic mass is 32.2. The third-order valence-electron chi connectivity index (χ3n) is 3.64. The van der Waals surface area contributed by atoms with Gasteiger partial charge < -0.3 is 14.8 Å². The highest BCUT2D eigenvalue weighted by Gasteiger charge is 2.18. The summed E-state index contributed by atoms with van der Waals surface area (Å²) >= 11 is 0. The molecule has 0 aliphatic rings. The molecule has 9 heteroatoms. The van der Waals surface area contributed by atoms with E-state index in [1.807, 2.05) is 30.3 Å². The summed E-state index contributed by atoms with van der Waals surface area (Å²) in [5.74, 6) is -0.400. The van der Waals surface area contributed by atoms with Gasteiger partial charge in [0.05, 0.1) is 11.5 Å². The van der Waals surface area contributed by atoms with Gasteiger partial charge in [0.25, 0.3) is 5.91 Å². The van der Waals surface area contributed by atoms with Gasteiger partial charge >= 0.3 is 5.97 Å². The third kappa shape index (κ3) is 7.01. The van der Waals surface area contributed by atoms with Gasteiger partial charge in [-0.25, -0.2) is 13.6 Å². The molecule has 2 rings (SSSR count). The molecular weight excluding hydrogens is 384 g/mol. The highest BCUT2D eigenvalue weighted by Crippen LogP contribution is 2.15. The molecular formula is C19H22N2O6S. The molecule has 2 aromatic carbocycles. The van der Waals surface area contributed by atoms with Crippen molar-refractivity contribution in [3.8, 4) is 5.75 Å². The topological polar surface area (TPSA) is 125 Å². The van der Waals surface area contributed by atoms with Gasteiger partial charge in [0.1, 0.15) is 5.75 Å². The number of nitrogens with one attached hydrogen (secondary N) is 1. The van der Waals surface area contributed by atoms with Crippen LogP contribution in [0.15, 0.2) is 59.5 Å². The Hall–Kier alpha value is -2.91. The predicted molar refractivity (Wildman–Crippen MR) is 103 cm³/mol. The van der Waals surface area contributed by atoms with E-state index < -0.39 is 28.0 Å². The number of para-hydroxylation sites is 1. The summed E-state index contributed by atoms with van der Waals surface area (Å²) in [4.78, 5) is 23.9. The number of hydrogen-bond acceptors (Lipinski definition) is 6. The summed E-state index contributed by atoms with van der Waals surface area (Å²) in [6.45, 7) is 1.78. The van der Waals surface area contributed by atoms with Crippen LogP contribution in [-0.2, 0) is 24.3 Å². The standard InChI is InChI=1S/C19H22N2O6S/c1-14(19(23)21-15-7-5-10-17(13-15)28(20,24)25)27-18(22)11-6-12-26-16-8-3-2-4-9-16/h2-5,7-10,13-14H,6,11-12H2,1H3,(H,21,23)(H2,20,24,25). The molecule has 0 aliphatic carbocycles. The van der Waals surface area contributed by atoms with Crippen molar-refractivity contribution in [2.75, 3.05) is 11.9 Å². The zero-order valence-corrected chi connectivity index (χ0v) is 16.1. The summed E-state index contributed by atoms with van der Waals surface area (Å²) in [6, 6.07) is 14.7. The number of nitrogens with two attached hydrogens (primary N) is 1. The Bertz CT molecular complexity index is 915. The Kier molecular flexibility index (Phi) is 7.53. The number of hydrogen-bond donors (Lipinski definition) is 2. The first-order chi connectivity index (χ1) is 13.3. The van der Waals surface area contributed by atoms with Gasteiger partial charge in [-0.2, -0.15) is 0 Å². The number of benzene rings is 2. The van der Waals surface area contributed by atoms with E-state index in [-0.39, 0.29) is 17.0 Å². The number of rotatable bonds is 9. The minimum Gasteiger partial charge on any atom is -0.494 e. The fourth-order valence-corrected chi connectivity index (χ4v) is 2.79. The van der Waals surface area contributed by atoms with Crippen molar-refractivity contribution in [3.05, 3.63) is 54.6 Å². The Morgan fingerprint density at radius 1 is 1.11 bits per heavy atom. The number of amides is 1. The maximum atomic E-state index is 12.1. The SMILES string of the molecule is CC(OC(=O)CCCOc1ccccc1)C(=O)Nc1cccc(S(N)(=O)=O)c1. The van der Waals surface area contributed by atoms with Gasteiger partial charge in [-0.05, 0) is 43.7 Å². The van der Waals surface area contributed by atoms with E-state index in [1.54, 1.807) is 0 Å². The van der Waals surface area contributed by atoms with E-state index in [9.17, 15) is 18.0 Å². The van der Waals surface area contributed by atoms with Crippen LogP contribution in [0.3, 0.4) is 0 Å². The molecule has 0 aromatic heterocycles. The molecule has 0 saturated heterocycles.